The summed E-state index contributed by atoms with van der Waals surface area (Å²) in [6.07, 6.45) is 13.8. The van der Waals surface area contributed by atoms with Gasteiger partial charge in [-0.15, -0.1) is 0 Å². The Labute approximate surface area is 228 Å². The highest BCUT2D eigenvalue weighted by molar-refractivity contribution is 5.96. The fraction of sp³-hybridized carbons (Fsp3) is 0.625. The van der Waals surface area contributed by atoms with E-state index in [9.17, 15) is 4.79 Å². The maximum atomic E-state index is 13.0. The summed E-state index contributed by atoms with van der Waals surface area (Å²) in [4.78, 5) is 25.1. The van der Waals surface area contributed by atoms with E-state index in [-0.39, 0.29) is 0 Å². The number of pyridine rings is 1. The molecule has 3 aliphatic heterocycles. The van der Waals surface area contributed by atoms with Crippen molar-refractivity contribution in [2.75, 3.05) is 62.2 Å². The lowest BCUT2D eigenvalue weighted by molar-refractivity contribution is 0.0940. The number of anilines is 2. The van der Waals surface area contributed by atoms with Gasteiger partial charge in [0, 0.05) is 75.1 Å². The third-order valence-corrected chi connectivity index (χ3v) is 9.46. The van der Waals surface area contributed by atoms with Gasteiger partial charge in [-0.2, -0.15) is 0 Å². The van der Waals surface area contributed by atoms with Gasteiger partial charge in [-0.25, -0.2) is 4.98 Å². The van der Waals surface area contributed by atoms with E-state index in [1.165, 1.54) is 69.2 Å². The van der Waals surface area contributed by atoms with Crippen LogP contribution >= 0.6 is 0 Å². The number of ketones is 1. The molecule has 204 valence electrons. The fourth-order valence-electron chi connectivity index (χ4n) is 6.98. The van der Waals surface area contributed by atoms with Crippen LogP contribution in [-0.4, -0.2) is 68.1 Å². The van der Waals surface area contributed by atoms with E-state index >= 15 is 0 Å². The number of rotatable bonds is 8. The number of fused-ring (bicyclic) bond motifs is 1. The van der Waals surface area contributed by atoms with E-state index in [2.05, 4.69) is 50.0 Å². The summed E-state index contributed by atoms with van der Waals surface area (Å²) in [7, 11) is 0. The minimum absolute atomic E-state index is 0.334. The number of piperidine rings is 1. The van der Waals surface area contributed by atoms with Crippen molar-refractivity contribution in [2.45, 2.75) is 64.2 Å². The van der Waals surface area contributed by atoms with Gasteiger partial charge in [0.15, 0.2) is 17.4 Å². The molecule has 6 heteroatoms. The Morgan fingerprint density at radius 3 is 2.34 bits per heavy atom. The molecule has 0 spiro atoms. The summed E-state index contributed by atoms with van der Waals surface area (Å²) in [5.74, 6) is 3.78. The maximum absolute atomic E-state index is 13.0. The van der Waals surface area contributed by atoms with Gasteiger partial charge in [0.05, 0.1) is 6.61 Å². The third-order valence-electron chi connectivity index (χ3n) is 9.46. The van der Waals surface area contributed by atoms with Gasteiger partial charge in [0.25, 0.3) is 0 Å². The minimum atomic E-state index is 0.334. The van der Waals surface area contributed by atoms with E-state index in [0.717, 1.165) is 81.8 Å². The summed E-state index contributed by atoms with van der Waals surface area (Å²) in [5.41, 5.74) is 3.48. The summed E-state index contributed by atoms with van der Waals surface area (Å²) >= 11 is 0. The smallest absolute Gasteiger partial charge is 0.171 e. The number of piperazine rings is 1. The molecule has 1 aromatic carbocycles. The second kappa shape index (κ2) is 12.1. The third kappa shape index (κ3) is 6.01. The number of carbonyl (C=O) groups excluding carboxylic acids is 1. The number of carbonyl (C=O) groups is 1. The van der Waals surface area contributed by atoms with E-state index in [1.807, 2.05) is 6.20 Å². The van der Waals surface area contributed by atoms with Gasteiger partial charge >= 0.3 is 0 Å². The van der Waals surface area contributed by atoms with Crippen LogP contribution in [-0.2, 0) is 6.42 Å². The molecule has 2 saturated heterocycles. The Morgan fingerprint density at radius 2 is 1.58 bits per heavy atom. The molecule has 2 aromatic rings. The predicted octanol–water partition coefficient (Wildman–Crippen LogP) is 5.60. The van der Waals surface area contributed by atoms with Crippen molar-refractivity contribution in [3.8, 4) is 5.75 Å². The largest absolute Gasteiger partial charge is 0.489 e. The molecular weight excluding hydrogens is 472 g/mol. The molecule has 0 N–H and O–H groups in total. The van der Waals surface area contributed by atoms with Gasteiger partial charge < -0.3 is 14.5 Å². The maximum Gasteiger partial charge on any atom is 0.171 e. The highest BCUT2D eigenvalue weighted by Crippen LogP contribution is 2.36. The van der Waals surface area contributed by atoms with E-state index < -0.39 is 0 Å². The Bertz CT molecular complexity index is 1070. The average Bonchev–Trinajstić information content (AvgIpc) is 3.47. The van der Waals surface area contributed by atoms with Crippen molar-refractivity contribution in [3.63, 3.8) is 0 Å². The minimum Gasteiger partial charge on any atom is -0.489 e. The molecule has 3 fully saturated rings. The second-order valence-corrected chi connectivity index (χ2v) is 11.9. The average molecular weight is 517 g/mol. The zero-order valence-electron chi connectivity index (χ0n) is 23.0. The molecule has 1 saturated carbocycles. The van der Waals surface area contributed by atoms with Gasteiger partial charge in [-0.05, 0) is 87.2 Å². The van der Waals surface area contributed by atoms with Crippen molar-refractivity contribution >= 4 is 17.3 Å². The van der Waals surface area contributed by atoms with Crippen LogP contribution in [0.15, 0.2) is 36.5 Å². The molecular formula is C32H44N4O2. The molecule has 4 heterocycles. The van der Waals surface area contributed by atoms with E-state index in [1.54, 1.807) is 0 Å². The van der Waals surface area contributed by atoms with Gasteiger partial charge in [0.2, 0.25) is 0 Å². The summed E-state index contributed by atoms with van der Waals surface area (Å²) < 4.78 is 5.88. The number of hydrogen-bond donors (Lipinski definition) is 0. The van der Waals surface area contributed by atoms with Crippen molar-refractivity contribution in [1.29, 1.82) is 0 Å². The van der Waals surface area contributed by atoms with Gasteiger partial charge in [-0.1, -0.05) is 12.8 Å². The Hall–Kier alpha value is -2.60. The Kier molecular flexibility index (Phi) is 8.15. The highest BCUT2D eigenvalue weighted by Gasteiger charge is 2.27. The number of hydrogen-bond acceptors (Lipinski definition) is 6. The van der Waals surface area contributed by atoms with Crippen molar-refractivity contribution < 1.29 is 9.53 Å². The first-order valence-corrected chi connectivity index (χ1v) is 15.2. The van der Waals surface area contributed by atoms with Crippen LogP contribution in [0, 0.1) is 11.8 Å². The second-order valence-electron chi connectivity index (χ2n) is 11.9. The first kappa shape index (κ1) is 25.7. The number of benzene rings is 1. The van der Waals surface area contributed by atoms with Crippen LogP contribution in [0.25, 0.3) is 0 Å². The first-order chi connectivity index (χ1) is 18.7. The van der Waals surface area contributed by atoms with Crippen LogP contribution < -0.4 is 14.5 Å². The molecule has 1 aromatic heterocycles. The molecule has 4 aliphatic rings. The predicted molar refractivity (Wildman–Crippen MR) is 154 cm³/mol. The monoisotopic (exact) mass is 516 g/mol. The molecule has 6 nitrogen and oxygen atoms in total. The summed E-state index contributed by atoms with van der Waals surface area (Å²) in [6.45, 7) is 8.54. The van der Waals surface area contributed by atoms with Crippen molar-refractivity contribution in [3.05, 3.63) is 47.7 Å². The highest BCUT2D eigenvalue weighted by atomic mass is 16.5. The molecule has 0 bridgehead atoms. The van der Waals surface area contributed by atoms with E-state index in [0.29, 0.717) is 11.7 Å². The van der Waals surface area contributed by atoms with Crippen LogP contribution in [0.2, 0.25) is 0 Å². The SMILES string of the molecule is O=C(CC1CCC(CCN2CCN(c3nccc4c3OCC4)CC2)CC1)c1ccc(N2CCCCC2)cc1. The Morgan fingerprint density at radius 1 is 0.842 bits per heavy atom. The lowest BCUT2D eigenvalue weighted by Crippen LogP contribution is -2.47. The Balaban J connectivity index is 0.898. The molecule has 1 aliphatic carbocycles. The fourth-order valence-corrected chi connectivity index (χ4v) is 6.98. The number of nitrogens with zero attached hydrogens (tertiary/aromatic N) is 4. The molecule has 0 unspecified atom stereocenters. The normalized spacial score (nSPS) is 24.2. The van der Waals surface area contributed by atoms with Crippen LogP contribution in [0.5, 0.6) is 5.75 Å². The van der Waals surface area contributed by atoms with Crippen LogP contribution in [0.3, 0.4) is 0 Å². The topological polar surface area (TPSA) is 48.9 Å². The van der Waals surface area contributed by atoms with Crippen molar-refractivity contribution in [1.82, 2.24) is 9.88 Å². The lowest BCUT2D eigenvalue weighted by atomic mass is 9.78. The first-order valence-electron chi connectivity index (χ1n) is 15.2. The van der Waals surface area contributed by atoms with Crippen molar-refractivity contribution in [2.24, 2.45) is 11.8 Å². The molecule has 0 radical (unpaired) electrons. The van der Waals surface area contributed by atoms with Gasteiger partial charge in [-0.3, -0.25) is 9.69 Å². The standard InChI is InChI=1S/C32H44N4O2/c37-30(27-8-10-29(11-9-27)35-16-2-1-3-17-35)24-26-6-4-25(5-7-26)13-18-34-19-21-36(22-20-34)32-31-28(12-15-33-32)14-23-38-31/h8-12,15,25-26H,1-7,13-14,16-24H2. The van der Waals surface area contributed by atoms with Crippen LogP contribution in [0.1, 0.15) is 73.7 Å². The lowest BCUT2D eigenvalue weighted by Gasteiger charge is -2.37. The number of ether oxygens (including phenoxy) is 1. The van der Waals surface area contributed by atoms with Crippen LogP contribution in [0.4, 0.5) is 11.5 Å². The summed E-state index contributed by atoms with van der Waals surface area (Å²) in [5, 5.41) is 0. The summed E-state index contributed by atoms with van der Waals surface area (Å²) in [6, 6.07) is 10.5. The zero-order valence-corrected chi connectivity index (χ0v) is 23.0. The molecule has 38 heavy (non-hydrogen) atoms. The molecule has 0 atom stereocenters. The number of Topliss-reactive ketones (excluding diaryl/α,β-unsaturated/α-hetero) is 1. The molecule has 6 rings (SSSR count). The zero-order chi connectivity index (χ0) is 25.7. The van der Waals surface area contributed by atoms with E-state index in [4.69, 9.17) is 4.74 Å². The van der Waals surface area contributed by atoms with Gasteiger partial charge in [0.1, 0.15) is 0 Å². The quantitative estimate of drug-likeness (QED) is 0.426. The molecule has 0 amide bonds. The number of aromatic nitrogens is 1.